The molecule has 2 saturated carbocycles. The summed E-state index contributed by atoms with van der Waals surface area (Å²) < 4.78 is 50.9. The van der Waals surface area contributed by atoms with Gasteiger partial charge in [0.25, 0.3) is 5.91 Å². The van der Waals surface area contributed by atoms with Crippen molar-refractivity contribution >= 4 is 56.1 Å². The lowest BCUT2D eigenvalue weighted by molar-refractivity contribution is -0.142. The fraction of sp³-hybridized carbons (Fsp3) is 0.581. The second kappa shape index (κ2) is 17.8. The van der Waals surface area contributed by atoms with Crippen molar-refractivity contribution in [1.29, 1.82) is 0 Å². The molecule has 16 nitrogen and oxygen atoms in total. The van der Waals surface area contributed by atoms with Crippen molar-refractivity contribution in [3.8, 4) is 17.4 Å². The first-order chi connectivity index (χ1) is 29.0. The molecular formula is C43H56N6O10S2. The van der Waals surface area contributed by atoms with E-state index in [0.717, 1.165) is 54.6 Å². The lowest BCUT2D eigenvalue weighted by Crippen LogP contribution is -2.59. The molecule has 2 aromatic heterocycles. The van der Waals surface area contributed by atoms with Crippen LogP contribution in [-0.4, -0.2) is 97.3 Å². The molecule has 3 fully saturated rings. The number of methoxy groups -OCH3 is 1. The van der Waals surface area contributed by atoms with Crippen LogP contribution >= 0.6 is 11.3 Å². The average molecular weight is 881 g/mol. The molecule has 4 amide bonds. The monoisotopic (exact) mass is 880 g/mol. The Bertz CT molecular complexity index is 2290. The maximum absolute atomic E-state index is 15.0. The van der Waals surface area contributed by atoms with Gasteiger partial charge in [0.15, 0.2) is 0 Å². The highest BCUT2D eigenvalue weighted by Crippen LogP contribution is 2.45. The molecule has 3 N–H and O–H groups in total. The van der Waals surface area contributed by atoms with E-state index in [1.807, 2.05) is 43.0 Å². The van der Waals surface area contributed by atoms with Gasteiger partial charge in [-0.2, -0.15) is 0 Å². The minimum Gasteiger partial charge on any atom is -0.496 e. The number of aryl methyl sites for hydroxylation is 2. The zero-order valence-electron chi connectivity index (χ0n) is 35.4. The number of fused-ring (bicyclic) bond motifs is 3. The molecule has 7 rings (SSSR count). The van der Waals surface area contributed by atoms with Gasteiger partial charge in [-0.1, -0.05) is 39.2 Å². The van der Waals surface area contributed by atoms with Gasteiger partial charge in [0.05, 0.1) is 42.7 Å². The van der Waals surface area contributed by atoms with Crippen molar-refractivity contribution in [2.75, 3.05) is 26.5 Å². The molecule has 61 heavy (non-hydrogen) atoms. The van der Waals surface area contributed by atoms with Crippen LogP contribution in [0.15, 0.2) is 36.2 Å². The number of pyridine rings is 1. The number of alkyl carbamates (subject to hydrolysis) is 1. The minimum atomic E-state index is -3.96. The lowest BCUT2D eigenvalue weighted by atomic mass is 9.83. The van der Waals surface area contributed by atoms with Crippen LogP contribution in [0.3, 0.4) is 0 Å². The Kier molecular flexibility index (Phi) is 12.9. The predicted molar refractivity (Wildman–Crippen MR) is 228 cm³/mol. The Labute approximate surface area is 360 Å². The fourth-order valence-corrected chi connectivity index (χ4v) is 9.98. The maximum atomic E-state index is 15.0. The van der Waals surface area contributed by atoms with E-state index >= 15 is 0 Å². The summed E-state index contributed by atoms with van der Waals surface area (Å²) in [7, 11) is -2.36. The summed E-state index contributed by atoms with van der Waals surface area (Å²) in [6.45, 7) is 9.99. The molecule has 1 saturated heterocycles. The SMILES string of the molecule is C=C[C@H]1C[C@]1(NC(=O)[C@@H]1C[C@@H]2CN1C(=O)[C@H](C1CCCCC1)NC(=O)OCC(C)(C)CCCc1cc3c(cc(OCc4csc(C)n4)nc3cc1OC)O2)C(=O)NS(C)(=O)=O. The van der Waals surface area contributed by atoms with Crippen molar-refractivity contribution in [2.24, 2.45) is 17.3 Å². The van der Waals surface area contributed by atoms with Crippen molar-refractivity contribution in [3.05, 3.63) is 52.5 Å². The number of thiazole rings is 1. The van der Waals surface area contributed by atoms with Crippen LogP contribution in [0.25, 0.3) is 10.9 Å². The first-order valence-corrected chi connectivity index (χ1v) is 23.7. The smallest absolute Gasteiger partial charge is 0.407 e. The van der Waals surface area contributed by atoms with Gasteiger partial charge in [0, 0.05) is 35.2 Å². The summed E-state index contributed by atoms with van der Waals surface area (Å²) >= 11 is 1.51. The van der Waals surface area contributed by atoms with Gasteiger partial charge in [-0.05, 0) is 68.4 Å². The summed E-state index contributed by atoms with van der Waals surface area (Å²) in [5.41, 5.74) is 0.231. The lowest BCUT2D eigenvalue weighted by Gasteiger charge is -2.35. The molecule has 2 aliphatic carbocycles. The van der Waals surface area contributed by atoms with E-state index in [1.54, 1.807) is 13.2 Å². The summed E-state index contributed by atoms with van der Waals surface area (Å²) in [5.74, 6) is -1.47. The van der Waals surface area contributed by atoms with Gasteiger partial charge in [-0.25, -0.2) is 23.2 Å². The van der Waals surface area contributed by atoms with Crippen molar-refractivity contribution in [3.63, 3.8) is 0 Å². The second-order valence-electron chi connectivity index (χ2n) is 17.6. The highest BCUT2D eigenvalue weighted by Gasteiger charge is 2.61. The zero-order chi connectivity index (χ0) is 43.7. The normalized spacial score (nSPS) is 26.0. The highest BCUT2D eigenvalue weighted by molar-refractivity contribution is 7.89. The van der Waals surface area contributed by atoms with Gasteiger partial charge < -0.3 is 34.5 Å². The molecule has 0 spiro atoms. The minimum absolute atomic E-state index is 0.0112. The Morgan fingerprint density at radius 2 is 1.90 bits per heavy atom. The number of sulfonamides is 1. The van der Waals surface area contributed by atoms with E-state index in [9.17, 15) is 27.6 Å². The average Bonchev–Trinajstić information content (AvgIpc) is 3.51. The van der Waals surface area contributed by atoms with Crippen LogP contribution in [0.1, 0.15) is 87.9 Å². The third-order valence-corrected chi connectivity index (χ3v) is 13.6. The number of amides is 4. The van der Waals surface area contributed by atoms with E-state index < -0.39 is 68.9 Å². The molecule has 4 aliphatic rings. The molecule has 1 aromatic carbocycles. The summed E-state index contributed by atoms with van der Waals surface area (Å²) in [6.07, 6.45) is 7.29. The number of hydrogen-bond donors (Lipinski definition) is 3. The zero-order valence-corrected chi connectivity index (χ0v) is 37.0. The van der Waals surface area contributed by atoms with Crippen molar-refractivity contribution in [1.82, 2.24) is 30.2 Å². The van der Waals surface area contributed by atoms with E-state index in [4.69, 9.17) is 23.9 Å². The Hall–Kier alpha value is -4.97. The Balaban J connectivity index is 1.29. The number of nitrogens with zero attached hydrogens (tertiary/aromatic N) is 3. The van der Waals surface area contributed by atoms with Crippen LogP contribution in [0.4, 0.5) is 4.79 Å². The highest BCUT2D eigenvalue weighted by atomic mass is 32.2. The quantitative estimate of drug-likeness (QED) is 0.228. The standard InChI is InChI=1S/C43H56N6O10S2/c1-7-28-20-43(28,40(52)48-61(6,54)55)47-38(50)33-17-30-21-49(33)39(51)37(26-12-9-8-10-13-26)46-41(53)58-24-42(3,4)15-11-14-27-16-31-32(18-34(27)56-5)45-36(19-35(31)59-30)57-22-29-23-60-25(2)44-29/h7,16,18-19,23,26,28,30,33,37H,1,8-15,17,20-22,24H2,2-6H3,(H,46,53)(H,47,50)(H,48,52)/t28-,30+,33-,37-,43+/m0/s1. The summed E-state index contributed by atoms with van der Waals surface area (Å²) in [6, 6.07) is 3.36. The molecule has 3 aromatic rings. The Morgan fingerprint density at radius 1 is 1.13 bits per heavy atom. The number of benzene rings is 1. The number of aromatic nitrogens is 2. The third kappa shape index (κ3) is 10.2. The number of carbonyl (C=O) groups excluding carboxylic acids is 4. The topological polar surface area (TPSA) is 204 Å². The molecule has 18 heteroatoms. The molecule has 0 radical (unpaired) electrons. The summed E-state index contributed by atoms with van der Waals surface area (Å²) in [5, 5.41) is 9.21. The van der Waals surface area contributed by atoms with Gasteiger partial charge in [-0.15, -0.1) is 17.9 Å². The first kappa shape index (κ1) is 44.1. The van der Waals surface area contributed by atoms with Crippen molar-refractivity contribution in [2.45, 2.75) is 115 Å². The molecule has 4 bridgehead atoms. The first-order valence-electron chi connectivity index (χ1n) is 20.9. The van der Waals surface area contributed by atoms with Gasteiger partial charge in [0.2, 0.25) is 27.7 Å². The largest absolute Gasteiger partial charge is 0.496 e. The van der Waals surface area contributed by atoms with E-state index in [1.165, 1.54) is 22.3 Å². The van der Waals surface area contributed by atoms with Gasteiger partial charge in [0.1, 0.15) is 41.8 Å². The van der Waals surface area contributed by atoms with Crippen LogP contribution in [0, 0.1) is 24.2 Å². The van der Waals surface area contributed by atoms with Crippen LogP contribution in [0.5, 0.6) is 17.4 Å². The molecule has 330 valence electrons. The molecule has 4 heterocycles. The van der Waals surface area contributed by atoms with Crippen LogP contribution in [0.2, 0.25) is 0 Å². The summed E-state index contributed by atoms with van der Waals surface area (Å²) in [4.78, 5) is 67.3. The van der Waals surface area contributed by atoms with E-state index in [0.29, 0.717) is 41.7 Å². The Morgan fingerprint density at radius 3 is 2.57 bits per heavy atom. The number of nitrogens with one attached hydrogen (secondary N) is 3. The number of carbonyl (C=O) groups is 4. The number of cyclic esters (lactones) is 1. The molecule has 0 unspecified atom stereocenters. The second-order valence-corrected chi connectivity index (χ2v) is 20.4. The fourth-order valence-electron chi connectivity index (χ4n) is 8.86. The number of ether oxygens (including phenoxy) is 4. The molecule has 5 atom stereocenters. The van der Waals surface area contributed by atoms with Crippen molar-refractivity contribution < 1.29 is 46.5 Å². The van der Waals surface area contributed by atoms with Crippen LogP contribution in [-0.2, 0) is 42.2 Å². The molecule has 2 aliphatic heterocycles. The maximum Gasteiger partial charge on any atom is 0.407 e. The van der Waals surface area contributed by atoms with Gasteiger partial charge in [-0.3, -0.25) is 19.1 Å². The molecular weight excluding hydrogens is 825 g/mol. The third-order valence-electron chi connectivity index (χ3n) is 12.2. The predicted octanol–water partition coefficient (Wildman–Crippen LogP) is 5.11. The van der Waals surface area contributed by atoms with Crippen LogP contribution < -0.4 is 29.6 Å². The van der Waals surface area contributed by atoms with Gasteiger partial charge >= 0.3 is 6.09 Å². The number of hydrogen-bond acceptors (Lipinski definition) is 13. The van der Waals surface area contributed by atoms with E-state index in [2.05, 4.69) is 22.2 Å². The van der Waals surface area contributed by atoms with E-state index in [-0.39, 0.29) is 44.4 Å². The number of rotatable bonds is 10.